The second-order valence-electron chi connectivity index (χ2n) is 5.65. The molecule has 0 aliphatic rings. The van der Waals surface area contributed by atoms with Gasteiger partial charge in [0.05, 0.1) is 18.3 Å². The average Bonchev–Trinajstić information content (AvgIpc) is 3.01. The van der Waals surface area contributed by atoms with Gasteiger partial charge in [-0.2, -0.15) is 5.10 Å². The summed E-state index contributed by atoms with van der Waals surface area (Å²) in [6.07, 6.45) is 1.96. The molecule has 0 spiro atoms. The molecule has 4 nitrogen and oxygen atoms in total. The van der Waals surface area contributed by atoms with Gasteiger partial charge in [0, 0.05) is 17.5 Å². The van der Waals surface area contributed by atoms with E-state index in [0.717, 1.165) is 39.5 Å². The number of aryl methyl sites for hydroxylation is 1. The lowest BCUT2D eigenvalue weighted by molar-refractivity contribution is 0.415. The summed E-state index contributed by atoms with van der Waals surface area (Å²) in [5, 5.41) is 4.77. The molecule has 4 heteroatoms. The number of fused-ring (bicyclic) bond motifs is 1. The van der Waals surface area contributed by atoms with Crippen molar-refractivity contribution >= 4 is 5.52 Å². The molecule has 0 N–H and O–H groups in total. The van der Waals surface area contributed by atoms with E-state index in [9.17, 15) is 0 Å². The number of hydrogen-bond acceptors (Lipinski definition) is 3. The molecule has 0 fully saturated rings. The molecule has 0 atom stereocenters. The van der Waals surface area contributed by atoms with Gasteiger partial charge in [-0.05, 0) is 48.9 Å². The van der Waals surface area contributed by atoms with E-state index in [1.807, 2.05) is 66.2 Å². The predicted octanol–water partition coefficient (Wildman–Crippen LogP) is 4.38. The Labute approximate surface area is 140 Å². The van der Waals surface area contributed by atoms with E-state index in [0.29, 0.717) is 0 Å². The highest BCUT2D eigenvalue weighted by Gasteiger charge is 2.17. The zero-order valence-electron chi connectivity index (χ0n) is 13.6. The van der Waals surface area contributed by atoms with Gasteiger partial charge < -0.3 is 4.74 Å². The molecule has 0 radical (unpaired) electrons. The van der Waals surface area contributed by atoms with Gasteiger partial charge in [-0.25, -0.2) is 4.52 Å². The van der Waals surface area contributed by atoms with Crippen molar-refractivity contribution in [2.45, 2.75) is 6.92 Å². The minimum atomic E-state index is 0.825. The normalized spacial score (nSPS) is 10.9. The van der Waals surface area contributed by atoms with Crippen LogP contribution in [-0.2, 0) is 0 Å². The van der Waals surface area contributed by atoms with E-state index in [2.05, 4.69) is 17.1 Å². The average molecular weight is 315 g/mol. The van der Waals surface area contributed by atoms with Crippen LogP contribution in [0.2, 0.25) is 0 Å². The van der Waals surface area contributed by atoms with Gasteiger partial charge in [0.15, 0.2) is 0 Å². The summed E-state index contributed by atoms with van der Waals surface area (Å²) in [6.45, 7) is 1.99. The minimum Gasteiger partial charge on any atom is -0.497 e. The summed E-state index contributed by atoms with van der Waals surface area (Å²) < 4.78 is 7.28. The zero-order valence-corrected chi connectivity index (χ0v) is 13.6. The van der Waals surface area contributed by atoms with Crippen molar-refractivity contribution in [1.29, 1.82) is 0 Å². The number of hydrogen-bond donors (Lipinski definition) is 0. The molecule has 24 heavy (non-hydrogen) atoms. The monoisotopic (exact) mass is 315 g/mol. The van der Waals surface area contributed by atoms with Gasteiger partial charge in [-0.15, -0.1) is 0 Å². The fraction of sp³-hybridized carbons (Fsp3) is 0.100. The van der Waals surface area contributed by atoms with E-state index in [1.54, 1.807) is 7.11 Å². The fourth-order valence-corrected chi connectivity index (χ4v) is 2.92. The van der Waals surface area contributed by atoms with Gasteiger partial charge in [0.1, 0.15) is 11.4 Å². The molecule has 4 rings (SSSR count). The molecule has 0 saturated carbocycles. The predicted molar refractivity (Wildman–Crippen MR) is 95.1 cm³/mol. The van der Waals surface area contributed by atoms with Crippen LogP contribution in [0.15, 0.2) is 66.9 Å². The highest BCUT2D eigenvalue weighted by Crippen LogP contribution is 2.35. The number of aromatic nitrogens is 3. The first-order valence-corrected chi connectivity index (χ1v) is 7.82. The Morgan fingerprint density at radius 1 is 0.958 bits per heavy atom. The van der Waals surface area contributed by atoms with Crippen molar-refractivity contribution < 1.29 is 4.74 Å². The Kier molecular flexibility index (Phi) is 3.50. The van der Waals surface area contributed by atoms with Crippen LogP contribution in [0.25, 0.3) is 28.0 Å². The Bertz CT molecular complexity index is 1020. The maximum Gasteiger partial charge on any atom is 0.120 e. The van der Waals surface area contributed by atoms with Gasteiger partial charge in [0.25, 0.3) is 0 Å². The van der Waals surface area contributed by atoms with Crippen molar-refractivity contribution in [3.63, 3.8) is 0 Å². The molecule has 3 heterocycles. The molecule has 0 bridgehead atoms. The molecule has 0 amide bonds. The van der Waals surface area contributed by atoms with Crippen LogP contribution in [0.1, 0.15) is 5.69 Å². The largest absolute Gasteiger partial charge is 0.497 e. The fourth-order valence-electron chi connectivity index (χ4n) is 2.92. The van der Waals surface area contributed by atoms with E-state index in [4.69, 9.17) is 9.84 Å². The maximum absolute atomic E-state index is 5.39. The third-order valence-electron chi connectivity index (χ3n) is 4.03. The summed E-state index contributed by atoms with van der Waals surface area (Å²) in [6, 6.07) is 20.1. The molecule has 3 aromatic heterocycles. The second kappa shape index (κ2) is 5.81. The molecular weight excluding hydrogens is 298 g/mol. The van der Waals surface area contributed by atoms with Crippen LogP contribution in [0.3, 0.4) is 0 Å². The molecule has 0 aliphatic heterocycles. The first kappa shape index (κ1) is 14.5. The van der Waals surface area contributed by atoms with Crippen LogP contribution in [0, 0.1) is 6.92 Å². The zero-order chi connectivity index (χ0) is 16.5. The maximum atomic E-state index is 5.39. The SMILES string of the molecule is COc1cccc(-c2c(-c3cccc(C)n3)nn3ccccc23)c1. The number of ether oxygens (including phenoxy) is 1. The number of benzene rings is 1. The van der Waals surface area contributed by atoms with Crippen molar-refractivity contribution in [2.75, 3.05) is 7.11 Å². The Balaban J connectivity index is 2.03. The van der Waals surface area contributed by atoms with Crippen molar-refractivity contribution in [3.05, 3.63) is 72.6 Å². The van der Waals surface area contributed by atoms with Gasteiger partial charge >= 0.3 is 0 Å². The molecule has 4 aromatic rings. The lowest BCUT2D eigenvalue weighted by Crippen LogP contribution is -1.90. The molecule has 1 aromatic carbocycles. The Morgan fingerprint density at radius 3 is 2.67 bits per heavy atom. The smallest absolute Gasteiger partial charge is 0.120 e. The van der Waals surface area contributed by atoms with Crippen LogP contribution in [0.4, 0.5) is 0 Å². The summed E-state index contributed by atoms with van der Waals surface area (Å²) in [5.74, 6) is 0.825. The first-order chi connectivity index (χ1) is 11.8. The standard InChI is InChI=1S/C20H17N3O/c1-14-7-5-10-17(21-14)20-19(15-8-6-9-16(13-15)24-2)18-11-3-4-12-23(18)22-20/h3-13H,1-2H3. The van der Waals surface area contributed by atoms with Crippen LogP contribution < -0.4 is 4.74 Å². The number of nitrogens with zero attached hydrogens (tertiary/aromatic N) is 3. The number of methoxy groups -OCH3 is 1. The van der Waals surface area contributed by atoms with E-state index < -0.39 is 0 Å². The molecule has 0 unspecified atom stereocenters. The van der Waals surface area contributed by atoms with E-state index in [1.165, 1.54) is 0 Å². The lowest BCUT2D eigenvalue weighted by Gasteiger charge is -2.06. The third-order valence-corrected chi connectivity index (χ3v) is 4.03. The molecule has 0 aliphatic carbocycles. The van der Waals surface area contributed by atoms with Crippen molar-refractivity contribution in [2.24, 2.45) is 0 Å². The quantitative estimate of drug-likeness (QED) is 0.563. The highest BCUT2D eigenvalue weighted by molar-refractivity contribution is 5.91. The van der Waals surface area contributed by atoms with Gasteiger partial charge in [-0.1, -0.05) is 24.3 Å². The Hall–Kier alpha value is -3.14. The second-order valence-corrected chi connectivity index (χ2v) is 5.65. The van der Waals surface area contributed by atoms with Crippen LogP contribution in [0.5, 0.6) is 5.75 Å². The van der Waals surface area contributed by atoms with Crippen molar-refractivity contribution in [3.8, 4) is 28.3 Å². The third kappa shape index (κ3) is 2.42. The highest BCUT2D eigenvalue weighted by atomic mass is 16.5. The molecule has 0 saturated heterocycles. The lowest BCUT2D eigenvalue weighted by atomic mass is 10.0. The summed E-state index contributed by atoms with van der Waals surface area (Å²) in [5.41, 5.74) is 5.89. The summed E-state index contributed by atoms with van der Waals surface area (Å²) in [4.78, 5) is 4.66. The van der Waals surface area contributed by atoms with Crippen molar-refractivity contribution in [1.82, 2.24) is 14.6 Å². The molecular formula is C20H17N3O. The van der Waals surface area contributed by atoms with Crippen LogP contribution in [-0.4, -0.2) is 21.7 Å². The topological polar surface area (TPSA) is 39.4 Å². The first-order valence-electron chi connectivity index (χ1n) is 7.82. The molecule has 118 valence electrons. The Morgan fingerprint density at radius 2 is 1.83 bits per heavy atom. The van der Waals surface area contributed by atoms with E-state index in [-0.39, 0.29) is 0 Å². The van der Waals surface area contributed by atoms with E-state index >= 15 is 0 Å². The number of rotatable bonds is 3. The summed E-state index contributed by atoms with van der Waals surface area (Å²) >= 11 is 0. The number of pyridine rings is 2. The van der Waals surface area contributed by atoms with Crippen LogP contribution >= 0.6 is 0 Å². The minimum absolute atomic E-state index is 0.825. The van der Waals surface area contributed by atoms with Gasteiger partial charge in [0.2, 0.25) is 0 Å². The van der Waals surface area contributed by atoms with Gasteiger partial charge in [-0.3, -0.25) is 4.98 Å². The summed E-state index contributed by atoms with van der Waals surface area (Å²) in [7, 11) is 1.68.